The lowest BCUT2D eigenvalue weighted by Gasteiger charge is -2.37. The van der Waals surface area contributed by atoms with Crippen LogP contribution in [0.2, 0.25) is 0 Å². The Bertz CT molecular complexity index is 344. The van der Waals surface area contributed by atoms with Gasteiger partial charge in [0.1, 0.15) is 0 Å². The van der Waals surface area contributed by atoms with Gasteiger partial charge in [0.25, 0.3) is 0 Å². The largest absolute Gasteiger partial charge is 0.215 e. The van der Waals surface area contributed by atoms with Crippen LogP contribution in [-0.4, -0.2) is 24.5 Å². The summed E-state index contributed by atoms with van der Waals surface area (Å²) in [7, 11) is -3.11. The standard InChI is InChI=1S/C12H22BrNO2S/c13-10-12(8-4-1-5-9-12)14-17(15,16)11-6-2-3-7-11/h11,14H,1-10H2. The molecule has 1 N–H and O–H groups in total. The lowest BCUT2D eigenvalue weighted by molar-refractivity contribution is 0.300. The van der Waals surface area contributed by atoms with Crippen LogP contribution in [0.4, 0.5) is 0 Å². The van der Waals surface area contributed by atoms with Crippen LogP contribution in [0, 0.1) is 0 Å². The van der Waals surface area contributed by atoms with E-state index in [1.807, 2.05) is 0 Å². The molecule has 0 heterocycles. The Morgan fingerprint density at radius 3 is 2.18 bits per heavy atom. The Kier molecular flexibility index (Phi) is 4.53. The molecule has 0 amide bonds. The highest BCUT2D eigenvalue weighted by Crippen LogP contribution is 2.32. The zero-order chi connectivity index (χ0) is 12.4. The fourth-order valence-corrected chi connectivity index (χ4v) is 5.96. The number of sulfonamides is 1. The third kappa shape index (κ3) is 3.24. The first-order valence-electron chi connectivity index (χ1n) is 6.67. The summed E-state index contributed by atoms with van der Waals surface area (Å²) in [4.78, 5) is 0. The minimum Gasteiger partial charge on any atom is -0.212 e. The van der Waals surface area contributed by atoms with E-state index in [-0.39, 0.29) is 10.8 Å². The van der Waals surface area contributed by atoms with E-state index < -0.39 is 10.0 Å². The first-order chi connectivity index (χ1) is 8.08. The van der Waals surface area contributed by atoms with E-state index in [0.29, 0.717) is 0 Å². The maximum absolute atomic E-state index is 12.3. The molecule has 0 radical (unpaired) electrons. The van der Waals surface area contributed by atoms with Gasteiger partial charge in [0, 0.05) is 10.9 Å². The third-order valence-corrected chi connectivity index (χ3v) is 7.31. The summed E-state index contributed by atoms with van der Waals surface area (Å²) in [6.45, 7) is 0. The van der Waals surface area contributed by atoms with Gasteiger partial charge in [-0.1, -0.05) is 48.0 Å². The van der Waals surface area contributed by atoms with Gasteiger partial charge in [-0.15, -0.1) is 0 Å². The third-order valence-electron chi connectivity index (χ3n) is 4.17. The Balaban J connectivity index is 2.06. The molecular formula is C12H22BrNO2S. The van der Waals surface area contributed by atoms with Crippen LogP contribution in [0.25, 0.3) is 0 Å². The van der Waals surface area contributed by atoms with Gasteiger partial charge in [-0.2, -0.15) is 0 Å². The Morgan fingerprint density at radius 2 is 1.65 bits per heavy atom. The Labute approximate surface area is 113 Å². The van der Waals surface area contributed by atoms with Crippen molar-refractivity contribution in [3.63, 3.8) is 0 Å². The van der Waals surface area contributed by atoms with Crippen LogP contribution in [0.5, 0.6) is 0 Å². The van der Waals surface area contributed by atoms with Gasteiger partial charge in [-0.3, -0.25) is 0 Å². The van der Waals surface area contributed by atoms with Crippen molar-refractivity contribution in [1.82, 2.24) is 4.72 Å². The van der Waals surface area contributed by atoms with Crippen LogP contribution < -0.4 is 4.72 Å². The number of rotatable bonds is 4. The van der Waals surface area contributed by atoms with E-state index in [9.17, 15) is 8.42 Å². The van der Waals surface area contributed by atoms with E-state index in [0.717, 1.165) is 56.7 Å². The zero-order valence-corrected chi connectivity index (χ0v) is 12.7. The molecule has 0 atom stereocenters. The number of halogens is 1. The van der Waals surface area contributed by atoms with Gasteiger partial charge in [-0.05, 0) is 25.7 Å². The number of hydrogen-bond acceptors (Lipinski definition) is 2. The van der Waals surface area contributed by atoms with Crippen molar-refractivity contribution in [1.29, 1.82) is 0 Å². The van der Waals surface area contributed by atoms with E-state index in [1.165, 1.54) is 6.42 Å². The van der Waals surface area contributed by atoms with Crippen LogP contribution in [-0.2, 0) is 10.0 Å². The SMILES string of the molecule is O=S(=O)(NC1(CBr)CCCCC1)C1CCCC1. The first kappa shape index (κ1) is 13.8. The number of nitrogens with one attached hydrogen (secondary N) is 1. The second-order valence-corrected chi connectivity index (χ2v) is 8.05. The van der Waals surface area contributed by atoms with Crippen LogP contribution in [0.3, 0.4) is 0 Å². The van der Waals surface area contributed by atoms with Gasteiger partial charge < -0.3 is 0 Å². The molecule has 3 nitrogen and oxygen atoms in total. The summed E-state index contributed by atoms with van der Waals surface area (Å²) >= 11 is 3.50. The topological polar surface area (TPSA) is 46.2 Å². The van der Waals surface area contributed by atoms with Crippen molar-refractivity contribution in [3.8, 4) is 0 Å². The molecule has 0 aromatic heterocycles. The van der Waals surface area contributed by atoms with Gasteiger partial charge >= 0.3 is 0 Å². The number of hydrogen-bond donors (Lipinski definition) is 1. The van der Waals surface area contributed by atoms with Gasteiger partial charge in [0.2, 0.25) is 10.0 Å². The van der Waals surface area contributed by atoms with Crippen molar-refractivity contribution in [2.45, 2.75) is 68.6 Å². The van der Waals surface area contributed by atoms with Crippen molar-refractivity contribution in [2.75, 3.05) is 5.33 Å². The highest BCUT2D eigenvalue weighted by Gasteiger charge is 2.38. The average molecular weight is 324 g/mol. The van der Waals surface area contributed by atoms with Crippen LogP contribution >= 0.6 is 15.9 Å². The fourth-order valence-electron chi connectivity index (χ4n) is 3.08. The average Bonchev–Trinajstić information content (AvgIpc) is 2.84. The molecule has 2 aliphatic carbocycles. The van der Waals surface area contributed by atoms with Crippen LogP contribution in [0.15, 0.2) is 0 Å². The summed E-state index contributed by atoms with van der Waals surface area (Å²) in [5, 5.41) is 0.603. The minimum absolute atomic E-state index is 0.139. The maximum Gasteiger partial charge on any atom is 0.215 e. The summed E-state index contributed by atoms with van der Waals surface area (Å²) < 4.78 is 27.7. The van der Waals surface area contributed by atoms with E-state index >= 15 is 0 Å². The Hall–Kier alpha value is 0.390. The quantitative estimate of drug-likeness (QED) is 0.808. The summed E-state index contributed by atoms with van der Waals surface area (Å²) in [6, 6.07) is 0. The second kappa shape index (κ2) is 5.57. The fraction of sp³-hybridized carbons (Fsp3) is 1.00. The lowest BCUT2D eigenvalue weighted by Crippen LogP contribution is -2.53. The monoisotopic (exact) mass is 323 g/mol. The maximum atomic E-state index is 12.3. The van der Waals surface area contributed by atoms with E-state index in [1.54, 1.807) is 0 Å². The molecule has 100 valence electrons. The lowest BCUT2D eigenvalue weighted by atomic mass is 9.84. The Morgan fingerprint density at radius 1 is 1.06 bits per heavy atom. The smallest absolute Gasteiger partial charge is 0.212 e. The normalized spacial score (nSPS) is 26.2. The molecule has 2 fully saturated rings. The van der Waals surface area contributed by atoms with Crippen LogP contribution in [0.1, 0.15) is 57.8 Å². The van der Waals surface area contributed by atoms with Gasteiger partial charge in [0.15, 0.2) is 0 Å². The molecule has 0 unspecified atom stereocenters. The van der Waals surface area contributed by atoms with Crippen molar-refractivity contribution in [2.24, 2.45) is 0 Å². The second-order valence-electron chi connectivity index (χ2n) is 5.53. The molecule has 0 spiro atoms. The highest BCUT2D eigenvalue weighted by atomic mass is 79.9. The van der Waals surface area contributed by atoms with Gasteiger partial charge in [-0.25, -0.2) is 13.1 Å². The molecule has 2 saturated carbocycles. The minimum atomic E-state index is -3.11. The first-order valence-corrected chi connectivity index (χ1v) is 9.34. The van der Waals surface area contributed by atoms with Crippen molar-refractivity contribution < 1.29 is 8.42 Å². The van der Waals surface area contributed by atoms with Crippen molar-refractivity contribution >= 4 is 26.0 Å². The molecule has 0 aromatic rings. The molecule has 0 aliphatic heterocycles. The van der Waals surface area contributed by atoms with E-state index in [2.05, 4.69) is 20.7 Å². The molecule has 0 aromatic carbocycles. The summed E-state index contributed by atoms with van der Waals surface area (Å²) in [5.41, 5.74) is -0.209. The molecule has 0 saturated heterocycles. The number of alkyl halides is 1. The van der Waals surface area contributed by atoms with Gasteiger partial charge in [0.05, 0.1) is 5.25 Å². The molecule has 2 aliphatic rings. The summed E-state index contributed by atoms with van der Waals surface area (Å²) in [6.07, 6.45) is 9.27. The molecular weight excluding hydrogens is 302 g/mol. The molecule has 5 heteroatoms. The summed E-state index contributed by atoms with van der Waals surface area (Å²) in [5.74, 6) is 0. The predicted molar refractivity (Wildman–Crippen MR) is 73.9 cm³/mol. The highest BCUT2D eigenvalue weighted by molar-refractivity contribution is 9.09. The zero-order valence-electron chi connectivity index (χ0n) is 10.3. The molecule has 17 heavy (non-hydrogen) atoms. The van der Waals surface area contributed by atoms with Crippen molar-refractivity contribution in [3.05, 3.63) is 0 Å². The predicted octanol–water partition coefficient (Wildman–Crippen LogP) is 2.95. The van der Waals surface area contributed by atoms with E-state index in [4.69, 9.17) is 0 Å². The molecule has 2 rings (SSSR count). The molecule has 0 bridgehead atoms.